The molecule has 0 aromatic heterocycles. The zero-order valence-electron chi connectivity index (χ0n) is 11.0. The van der Waals surface area contributed by atoms with Gasteiger partial charge in [0.15, 0.2) is 0 Å². The van der Waals surface area contributed by atoms with Gasteiger partial charge in [0.1, 0.15) is 0 Å². The zero-order chi connectivity index (χ0) is 13.1. The van der Waals surface area contributed by atoms with Crippen LogP contribution in [-0.4, -0.2) is 0 Å². The number of hydrogen-bond donors (Lipinski definition) is 1. The lowest BCUT2D eigenvalue weighted by atomic mass is 10.1. The maximum Gasteiger partial charge on any atom is 0.0487 e. The molecule has 0 saturated heterocycles. The van der Waals surface area contributed by atoms with Gasteiger partial charge in [0.25, 0.3) is 0 Å². The van der Waals surface area contributed by atoms with Crippen LogP contribution in [0.2, 0.25) is 0 Å². The lowest BCUT2D eigenvalue weighted by Gasteiger charge is -2.10. The molecule has 0 spiro atoms. The number of nitrogens with one attached hydrogen (secondary N) is 1. The van der Waals surface area contributed by atoms with Gasteiger partial charge < -0.3 is 5.32 Å². The first kappa shape index (κ1) is 13.2. The summed E-state index contributed by atoms with van der Waals surface area (Å²) in [4.78, 5) is 0. The summed E-state index contributed by atoms with van der Waals surface area (Å²) in [7, 11) is 0. The van der Waals surface area contributed by atoms with Crippen LogP contribution in [0.1, 0.15) is 22.3 Å². The predicted molar refractivity (Wildman–Crippen MR) is 82.1 cm³/mol. The van der Waals surface area contributed by atoms with Gasteiger partial charge in [-0.3, -0.25) is 0 Å². The number of anilines is 1. The van der Waals surface area contributed by atoms with E-state index >= 15 is 0 Å². The monoisotopic (exact) mass is 303 g/mol. The highest BCUT2D eigenvalue weighted by Crippen LogP contribution is 2.24. The molecular formula is C16H18BrN. The number of benzene rings is 2. The summed E-state index contributed by atoms with van der Waals surface area (Å²) >= 11 is 3.58. The molecule has 1 nitrogen and oxygen atoms in total. The second kappa shape index (κ2) is 5.57. The Bertz CT molecular complexity index is 561. The van der Waals surface area contributed by atoms with Crippen molar-refractivity contribution in [3.05, 3.63) is 63.1 Å². The molecule has 0 unspecified atom stereocenters. The van der Waals surface area contributed by atoms with Crippen molar-refractivity contribution in [2.45, 2.75) is 27.3 Å². The molecule has 0 aliphatic carbocycles. The van der Waals surface area contributed by atoms with E-state index in [-0.39, 0.29) is 0 Å². The Kier molecular flexibility index (Phi) is 4.07. The largest absolute Gasteiger partial charge is 0.380 e. The van der Waals surface area contributed by atoms with Gasteiger partial charge in [-0.25, -0.2) is 0 Å². The Balaban J connectivity index is 2.09. The minimum atomic E-state index is 0.850. The average molecular weight is 304 g/mol. The Labute approximate surface area is 117 Å². The van der Waals surface area contributed by atoms with E-state index in [1.165, 1.54) is 22.3 Å². The van der Waals surface area contributed by atoms with Crippen molar-refractivity contribution in [3.8, 4) is 0 Å². The van der Waals surface area contributed by atoms with E-state index in [4.69, 9.17) is 0 Å². The van der Waals surface area contributed by atoms with Gasteiger partial charge in [-0.2, -0.15) is 0 Å². The molecule has 94 valence electrons. The number of rotatable bonds is 3. The molecule has 0 aliphatic heterocycles. The lowest BCUT2D eigenvalue weighted by molar-refractivity contribution is 1.13. The fourth-order valence-electron chi connectivity index (χ4n) is 1.87. The van der Waals surface area contributed by atoms with Crippen molar-refractivity contribution in [3.63, 3.8) is 0 Å². The van der Waals surface area contributed by atoms with E-state index in [0.29, 0.717) is 0 Å². The minimum Gasteiger partial charge on any atom is -0.380 e. The highest BCUT2D eigenvalue weighted by Gasteiger charge is 2.00. The summed E-state index contributed by atoms with van der Waals surface area (Å²) in [5, 5.41) is 3.46. The van der Waals surface area contributed by atoms with Crippen LogP contribution in [0.15, 0.2) is 40.9 Å². The second-order valence-corrected chi connectivity index (χ2v) is 5.61. The Morgan fingerprint density at radius 3 is 2.39 bits per heavy atom. The van der Waals surface area contributed by atoms with Gasteiger partial charge in [-0.15, -0.1) is 0 Å². The first-order valence-electron chi connectivity index (χ1n) is 6.12. The minimum absolute atomic E-state index is 0.850. The quantitative estimate of drug-likeness (QED) is 0.842. The van der Waals surface area contributed by atoms with Crippen molar-refractivity contribution in [2.75, 3.05) is 5.32 Å². The molecule has 0 radical (unpaired) electrons. The Morgan fingerprint density at radius 2 is 1.72 bits per heavy atom. The molecule has 0 bridgehead atoms. The summed E-state index contributed by atoms with van der Waals surface area (Å²) in [6.07, 6.45) is 0. The number of aryl methyl sites for hydroxylation is 3. The third-order valence-electron chi connectivity index (χ3n) is 3.18. The van der Waals surface area contributed by atoms with Crippen LogP contribution in [0.5, 0.6) is 0 Å². The molecule has 0 aliphatic rings. The second-order valence-electron chi connectivity index (χ2n) is 4.76. The smallest absolute Gasteiger partial charge is 0.0487 e. The molecule has 2 aromatic carbocycles. The Hall–Kier alpha value is -1.28. The topological polar surface area (TPSA) is 12.0 Å². The summed E-state index contributed by atoms with van der Waals surface area (Å²) in [6, 6.07) is 13.0. The molecule has 0 amide bonds. The highest BCUT2D eigenvalue weighted by molar-refractivity contribution is 9.10. The van der Waals surface area contributed by atoms with Crippen molar-refractivity contribution >= 4 is 21.6 Å². The standard InChI is InChI=1S/C16H18BrN/c1-11-4-7-16(15(17)8-11)18-10-14-6-5-12(2)13(3)9-14/h4-9,18H,10H2,1-3H3. The van der Waals surface area contributed by atoms with Crippen LogP contribution >= 0.6 is 15.9 Å². The van der Waals surface area contributed by atoms with E-state index < -0.39 is 0 Å². The summed E-state index contributed by atoms with van der Waals surface area (Å²) in [6.45, 7) is 7.24. The van der Waals surface area contributed by atoms with Gasteiger partial charge >= 0.3 is 0 Å². The van der Waals surface area contributed by atoms with Crippen LogP contribution in [0.3, 0.4) is 0 Å². The highest BCUT2D eigenvalue weighted by atomic mass is 79.9. The summed E-state index contributed by atoms with van der Waals surface area (Å²) in [5.41, 5.74) is 6.40. The third kappa shape index (κ3) is 3.14. The molecule has 2 aromatic rings. The normalized spacial score (nSPS) is 10.4. The van der Waals surface area contributed by atoms with E-state index in [0.717, 1.165) is 16.7 Å². The first-order valence-corrected chi connectivity index (χ1v) is 6.92. The first-order chi connectivity index (χ1) is 8.56. The van der Waals surface area contributed by atoms with Crippen LogP contribution in [0.4, 0.5) is 5.69 Å². The average Bonchev–Trinajstić information content (AvgIpc) is 2.32. The molecule has 2 rings (SSSR count). The predicted octanol–water partition coefficient (Wildman–Crippen LogP) is 4.99. The molecule has 2 heteroatoms. The molecule has 0 heterocycles. The van der Waals surface area contributed by atoms with E-state index in [2.05, 4.69) is 78.4 Å². The number of hydrogen-bond acceptors (Lipinski definition) is 1. The molecular weight excluding hydrogens is 286 g/mol. The Morgan fingerprint density at radius 1 is 0.944 bits per heavy atom. The maximum absolute atomic E-state index is 3.58. The van der Waals surface area contributed by atoms with E-state index in [1.54, 1.807) is 0 Å². The fourth-order valence-corrected chi connectivity index (χ4v) is 2.51. The van der Waals surface area contributed by atoms with Crippen molar-refractivity contribution < 1.29 is 0 Å². The third-order valence-corrected chi connectivity index (χ3v) is 3.83. The number of halogens is 1. The van der Waals surface area contributed by atoms with Crippen molar-refractivity contribution in [1.82, 2.24) is 0 Å². The molecule has 0 fully saturated rings. The van der Waals surface area contributed by atoms with Gasteiger partial charge in [0.05, 0.1) is 0 Å². The van der Waals surface area contributed by atoms with Gasteiger partial charge in [-0.05, 0) is 71.1 Å². The fraction of sp³-hybridized carbons (Fsp3) is 0.250. The SMILES string of the molecule is Cc1ccc(NCc2ccc(C)c(C)c2)c(Br)c1. The zero-order valence-corrected chi connectivity index (χ0v) is 12.6. The molecule has 18 heavy (non-hydrogen) atoms. The van der Waals surface area contributed by atoms with Crippen molar-refractivity contribution in [1.29, 1.82) is 0 Å². The van der Waals surface area contributed by atoms with Gasteiger partial charge in [0, 0.05) is 16.7 Å². The van der Waals surface area contributed by atoms with Crippen LogP contribution < -0.4 is 5.32 Å². The van der Waals surface area contributed by atoms with Crippen molar-refractivity contribution in [2.24, 2.45) is 0 Å². The van der Waals surface area contributed by atoms with Crippen LogP contribution in [0, 0.1) is 20.8 Å². The van der Waals surface area contributed by atoms with Gasteiger partial charge in [-0.1, -0.05) is 24.3 Å². The maximum atomic E-state index is 3.58. The molecule has 1 N–H and O–H groups in total. The summed E-state index contributed by atoms with van der Waals surface area (Å²) < 4.78 is 1.12. The summed E-state index contributed by atoms with van der Waals surface area (Å²) in [5.74, 6) is 0. The van der Waals surface area contributed by atoms with Crippen LogP contribution in [0.25, 0.3) is 0 Å². The van der Waals surface area contributed by atoms with Crippen LogP contribution in [-0.2, 0) is 6.54 Å². The van der Waals surface area contributed by atoms with E-state index in [9.17, 15) is 0 Å². The lowest BCUT2D eigenvalue weighted by Crippen LogP contribution is -2.00. The molecule has 0 atom stereocenters. The van der Waals surface area contributed by atoms with Gasteiger partial charge in [0.2, 0.25) is 0 Å². The van der Waals surface area contributed by atoms with E-state index in [1.807, 2.05) is 0 Å². The molecule has 0 saturated carbocycles.